The minimum Gasteiger partial charge on any atom is -0.492 e. The molecule has 7 heteroatoms. The fourth-order valence-corrected chi connectivity index (χ4v) is 2.70. The number of para-hydroxylation sites is 1. The predicted molar refractivity (Wildman–Crippen MR) is 80.7 cm³/mol. The molecule has 2 heterocycles. The number of carbonyl (C=O) groups excluding carboxylic acids is 2. The predicted octanol–water partition coefficient (Wildman–Crippen LogP) is -0.149. The van der Waals surface area contributed by atoms with Gasteiger partial charge in [-0.25, -0.2) is 4.79 Å². The van der Waals surface area contributed by atoms with Crippen LogP contribution in [0.25, 0.3) is 0 Å². The fraction of sp³-hybridized carbons (Fsp3) is 0.467. The lowest BCUT2D eigenvalue weighted by Crippen LogP contribution is -2.42. The third-order valence-electron chi connectivity index (χ3n) is 3.83. The minimum absolute atomic E-state index is 0.0689. The van der Waals surface area contributed by atoms with E-state index in [1.54, 1.807) is 4.90 Å². The van der Waals surface area contributed by atoms with E-state index in [2.05, 4.69) is 16.0 Å². The third kappa shape index (κ3) is 3.14. The Morgan fingerprint density at radius 3 is 3.05 bits per heavy atom. The van der Waals surface area contributed by atoms with Crippen molar-refractivity contribution in [2.45, 2.75) is 6.04 Å². The Morgan fingerprint density at radius 2 is 2.23 bits per heavy atom. The molecule has 0 aromatic heterocycles. The molecule has 7 nitrogen and oxygen atoms in total. The molecule has 0 aliphatic carbocycles. The number of ether oxygens (including phenoxy) is 1. The molecular weight excluding hydrogens is 284 g/mol. The first-order valence-electron chi connectivity index (χ1n) is 7.51. The van der Waals surface area contributed by atoms with Gasteiger partial charge in [0, 0.05) is 38.3 Å². The van der Waals surface area contributed by atoms with Crippen LogP contribution in [0.2, 0.25) is 0 Å². The maximum atomic E-state index is 12.4. The molecule has 1 saturated heterocycles. The van der Waals surface area contributed by atoms with E-state index in [-0.39, 0.29) is 11.9 Å². The molecule has 1 fully saturated rings. The molecule has 3 N–H and O–H groups in total. The Bertz CT molecular complexity index is 563. The van der Waals surface area contributed by atoms with E-state index in [4.69, 9.17) is 4.74 Å². The lowest BCUT2D eigenvalue weighted by molar-refractivity contribution is -0.123. The van der Waals surface area contributed by atoms with Gasteiger partial charge in [-0.05, 0) is 6.07 Å². The van der Waals surface area contributed by atoms with Crippen LogP contribution in [0.3, 0.4) is 0 Å². The first kappa shape index (κ1) is 14.6. The van der Waals surface area contributed by atoms with Crippen molar-refractivity contribution >= 4 is 11.9 Å². The van der Waals surface area contributed by atoms with Gasteiger partial charge in [0.2, 0.25) is 5.91 Å². The van der Waals surface area contributed by atoms with E-state index in [9.17, 15) is 9.59 Å². The summed E-state index contributed by atoms with van der Waals surface area (Å²) in [6.07, 6.45) is 0. The quantitative estimate of drug-likeness (QED) is 0.722. The lowest BCUT2D eigenvalue weighted by atomic mass is 10.1. The zero-order valence-electron chi connectivity index (χ0n) is 12.3. The summed E-state index contributed by atoms with van der Waals surface area (Å²) in [4.78, 5) is 25.5. The molecular formula is C15H20N4O3. The standard InChI is InChI=1S/C15H20N4O3/c20-14(17-5-8-19-9-6-18-15(19)21)13-11-3-1-2-4-12(11)22-10-7-16-13/h1-4,13,16H,5-10H2,(H,17,20)(H,18,21). The van der Waals surface area contributed by atoms with Crippen molar-refractivity contribution in [3.8, 4) is 5.75 Å². The summed E-state index contributed by atoms with van der Waals surface area (Å²) < 4.78 is 5.63. The number of amides is 3. The van der Waals surface area contributed by atoms with E-state index < -0.39 is 6.04 Å². The Balaban J connectivity index is 1.58. The van der Waals surface area contributed by atoms with Crippen LogP contribution in [-0.4, -0.2) is 56.2 Å². The Morgan fingerprint density at radius 1 is 1.36 bits per heavy atom. The van der Waals surface area contributed by atoms with Crippen LogP contribution in [0.15, 0.2) is 24.3 Å². The second-order valence-electron chi connectivity index (χ2n) is 5.28. The van der Waals surface area contributed by atoms with E-state index in [0.29, 0.717) is 39.3 Å². The molecule has 22 heavy (non-hydrogen) atoms. The van der Waals surface area contributed by atoms with Gasteiger partial charge in [-0.1, -0.05) is 18.2 Å². The molecule has 0 bridgehead atoms. The Labute approximate surface area is 129 Å². The van der Waals surface area contributed by atoms with Gasteiger partial charge in [0.25, 0.3) is 0 Å². The normalized spacial score (nSPS) is 20.6. The Hall–Kier alpha value is -2.28. The monoisotopic (exact) mass is 304 g/mol. The first-order valence-corrected chi connectivity index (χ1v) is 7.51. The summed E-state index contributed by atoms with van der Waals surface area (Å²) >= 11 is 0. The van der Waals surface area contributed by atoms with Crippen LogP contribution in [-0.2, 0) is 4.79 Å². The summed E-state index contributed by atoms with van der Waals surface area (Å²) in [5.41, 5.74) is 0.844. The summed E-state index contributed by atoms with van der Waals surface area (Å²) in [5.74, 6) is 0.643. The third-order valence-corrected chi connectivity index (χ3v) is 3.83. The highest BCUT2D eigenvalue weighted by molar-refractivity contribution is 5.84. The summed E-state index contributed by atoms with van der Waals surface area (Å²) in [7, 11) is 0. The molecule has 0 saturated carbocycles. The van der Waals surface area contributed by atoms with Gasteiger partial charge in [0.15, 0.2) is 0 Å². The highest BCUT2D eigenvalue weighted by atomic mass is 16.5. The number of nitrogens with zero attached hydrogens (tertiary/aromatic N) is 1. The van der Waals surface area contributed by atoms with Crippen molar-refractivity contribution in [2.24, 2.45) is 0 Å². The van der Waals surface area contributed by atoms with Crippen LogP contribution >= 0.6 is 0 Å². The maximum Gasteiger partial charge on any atom is 0.317 e. The van der Waals surface area contributed by atoms with Crippen molar-refractivity contribution in [2.75, 3.05) is 39.3 Å². The highest BCUT2D eigenvalue weighted by Crippen LogP contribution is 2.26. The van der Waals surface area contributed by atoms with E-state index in [1.165, 1.54) is 0 Å². The summed E-state index contributed by atoms with van der Waals surface area (Å²) in [6.45, 7) is 3.46. The highest BCUT2D eigenvalue weighted by Gasteiger charge is 2.26. The van der Waals surface area contributed by atoms with Gasteiger partial charge < -0.3 is 20.3 Å². The van der Waals surface area contributed by atoms with E-state index in [0.717, 1.165) is 11.3 Å². The summed E-state index contributed by atoms with van der Waals surface area (Å²) in [5, 5.41) is 8.82. The van der Waals surface area contributed by atoms with Gasteiger partial charge in [-0.15, -0.1) is 0 Å². The van der Waals surface area contributed by atoms with Crippen LogP contribution < -0.4 is 20.7 Å². The lowest BCUT2D eigenvalue weighted by Gasteiger charge is -2.19. The van der Waals surface area contributed by atoms with Crippen molar-refractivity contribution in [1.29, 1.82) is 0 Å². The second-order valence-corrected chi connectivity index (χ2v) is 5.28. The minimum atomic E-state index is -0.425. The zero-order chi connectivity index (χ0) is 15.4. The molecule has 3 amide bonds. The van der Waals surface area contributed by atoms with Gasteiger partial charge in [-0.3, -0.25) is 10.1 Å². The van der Waals surface area contributed by atoms with Crippen LogP contribution in [0.4, 0.5) is 4.79 Å². The van der Waals surface area contributed by atoms with Crippen molar-refractivity contribution < 1.29 is 14.3 Å². The van der Waals surface area contributed by atoms with Crippen molar-refractivity contribution in [3.63, 3.8) is 0 Å². The molecule has 1 atom stereocenters. The van der Waals surface area contributed by atoms with Crippen LogP contribution in [0.5, 0.6) is 5.75 Å². The van der Waals surface area contributed by atoms with E-state index >= 15 is 0 Å². The van der Waals surface area contributed by atoms with Gasteiger partial charge in [0.1, 0.15) is 18.4 Å². The number of fused-ring (bicyclic) bond motifs is 1. The zero-order valence-corrected chi connectivity index (χ0v) is 12.3. The van der Waals surface area contributed by atoms with Crippen molar-refractivity contribution in [1.82, 2.24) is 20.9 Å². The second kappa shape index (κ2) is 6.65. The van der Waals surface area contributed by atoms with Crippen LogP contribution in [0.1, 0.15) is 11.6 Å². The Kier molecular flexibility index (Phi) is 4.43. The number of benzene rings is 1. The van der Waals surface area contributed by atoms with Crippen LogP contribution in [0, 0.1) is 0 Å². The van der Waals surface area contributed by atoms with Gasteiger partial charge in [-0.2, -0.15) is 0 Å². The van der Waals surface area contributed by atoms with E-state index in [1.807, 2.05) is 24.3 Å². The number of hydrogen-bond donors (Lipinski definition) is 3. The molecule has 1 aromatic rings. The fourth-order valence-electron chi connectivity index (χ4n) is 2.70. The van der Waals surface area contributed by atoms with Gasteiger partial charge >= 0.3 is 6.03 Å². The largest absolute Gasteiger partial charge is 0.492 e. The summed E-state index contributed by atoms with van der Waals surface area (Å²) in [6, 6.07) is 7.06. The number of urea groups is 1. The average Bonchev–Trinajstić information content (AvgIpc) is 2.82. The molecule has 3 rings (SSSR count). The molecule has 0 radical (unpaired) electrons. The SMILES string of the molecule is O=C(NCCN1CCNC1=O)C1NCCOc2ccccc21. The molecule has 2 aliphatic rings. The molecule has 2 aliphatic heterocycles. The molecule has 1 aromatic carbocycles. The average molecular weight is 304 g/mol. The number of nitrogens with one attached hydrogen (secondary N) is 3. The topological polar surface area (TPSA) is 82.7 Å². The molecule has 1 unspecified atom stereocenters. The number of carbonyl (C=O) groups is 2. The number of hydrogen-bond acceptors (Lipinski definition) is 4. The smallest absolute Gasteiger partial charge is 0.317 e. The van der Waals surface area contributed by atoms with Gasteiger partial charge in [0.05, 0.1) is 0 Å². The van der Waals surface area contributed by atoms with Crippen molar-refractivity contribution in [3.05, 3.63) is 29.8 Å². The maximum absolute atomic E-state index is 12.4. The molecule has 0 spiro atoms. The molecule has 118 valence electrons. The first-order chi connectivity index (χ1) is 10.8. The number of rotatable bonds is 4.